The number of ether oxygens (including phenoxy) is 2. The van der Waals surface area contributed by atoms with Gasteiger partial charge in [-0.2, -0.15) is 0 Å². The van der Waals surface area contributed by atoms with E-state index in [4.69, 9.17) is 26.7 Å². The Balaban J connectivity index is 0.00000372. The van der Waals surface area contributed by atoms with Crippen molar-refractivity contribution in [1.29, 1.82) is 0 Å². The third kappa shape index (κ3) is 12.0. The molecule has 0 saturated carbocycles. The van der Waals surface area contributed by atoms with E-state index < -0.39 is 44.3 Å². The molecular weight excluding hydrogens is 1090 g/mol. The maximum absolute atomic E-state index is 12.0. The molecule has 22 heteroatoms. The molecule has 6 rings (SSSR count). The number of halogens is 4. The van der Waals surface area contributed by atoms with Crippen molar-refractivity contribution in [3.05, 3.63) is 114 Å². The van der Waals surface area contributed by atoms with Gasteiger partial charge in [0, 0.05) is 35.7 Å². The van der Waals surface area contributed by atoms with E-state index >= 15 is 0 Å². The first-order valence-electron chi connectivity index (χ1n) is 15.4. The van der Waals surface area contributed by atoms with Crippen LogP contribution in [0.5, 0.6) is 11.5 Å². The predicted molar refractivity (Wildman–Crippen MR) is 214 cm³/mol. The molecule has 14 nitrogen and oxygen atoms in total. The van der Waals surface area contributed by atoms with Crippen LogP contribution in [0.2, 0.25) is 0 Å². The minimum Gasteiger partial charge on any atom is -0.716 e. The first kappa shape index (κ1) is 48.4. The average molecular weight is 1110 g/mol. The number of carbonyl (C=O) groups is 2. The topological polar surface area (TPSA) is 212 Å². The molecular formula is C36H20Br4Na2O14S2. The molecule has 58 heavy (non-hydrogen) atoms. The molecule has 0 spiro atoms. The maximum Gasteiger partial charge on any atom is 1.00 e. The van der Waals surface area contributed by atoms with Crippen molar-refractivity contribution in [1.82, 2.24) is 0 Å². The number of benzene rings is 4. The van der Waals surface area contributed by atoms with E-state index in [0.717, 1.165) is 12.2 Å². The number of esters is 2. The molecule has 0 aliphatic heterocycles. The first-order valence-corrected chi connectivity index (χ1v) is 21.2. The fraction of sp³-hybridized carbons (Fsp3) is 0.0556. The second kappa shape index (κ2) is 19.6. The average Bonchev–Trinajstić information content (AvgIpc) is 3.70. The summed E-state index contributed by atoms with van der Waals surface area (Å²) in [6.07, 6.45) is 4.84. The van der Waals surface area contributed by atoms with Crippen LogP contribution in [0, 0.1) is 0 Å². The fourth-order valence-electron chi connectivity index (χ4n) is 5.45. The number of hydrogen-bond acceptors (Lipinski definition) is 14. The molecule has 2 heterocycles. The van der Waals surface area contributed by atoms with Gasteiger partial charge in [0.25, 0.3) is 20.8 Å². The Morgan fingerprint density at radius 3 is 1.26 bits per heavy atom. The summed E-state index contributed by atoms with van der Waals surface area (Å²) >= 11 is 13.6. The summed E-state index contributed by atoms with van der Waals surface area (Å²) in [5, 5.41) is 0.916. The van der Waals surface area contributed by atoms with E-state index in [2.05, 4.69) is 63.7 Å². The molecule has 0 aliphatic carbocycles. The summed E-state index contributed by atoms with van der Waals surface area (Å²) in [7, 11) is -11.2. The largest absolute Gasteiger partial charge is 1.00 e. The summed E-state index contributed by atoms with van der Waals surface area (Å²) in [4.78, 5) is 23.0. The smallest absolute Gasteiger partial charge is 0.716 e. The number of rotatable bonds is 11. The number of fused-ring (bicyclic) bond motifs is 2. The summed E-state index contributed by atoms with van der Waals surface area (Å²) < 4.78 is 105. The standard InChI is InChI=1S/C36H22Br4O14S2.2Na/c1-17(41)51-31-5-3-21(13-27(31)37)25-15-49-35-23(25)7-19(9-29(35)39)11-33(53-55(43,44)45)34(54-56(46,47)48)12-20-8-24-26(16-50-36(24)30(40)10-20)22-4-6-32(28(38)14-22)52-18(2)42;;/h3-16H,1-2H3,(H,43,44,45)(H,46,47,48);;/q;2*+1/p-2/b33-11-,34-12-;;. The van der Waals surface area contributed by atoms with Crippen LogP contribution in [0.15, 0.2) is 111 Å². The number of carbonyl (C=O) groups excluding carboxylic acids is 2. The summed E-state index contributed by atoms with van der Waals surface area (Å²) in [5.74, 6) is -2.43. The van der Waals surface area contributed by atoms with E-state index in [0.29, 0.717) is 62.1 Å². The monoisotopic (exact) mass is 1100 g/mol. The van der Waals surface area contributed by atoms with Gasteiger partial charge in [0.2, 0.25) is 0 Å². The van der Waals surface area contributed by atoms with Gasteiger partial charge in [-0.15, -0.1) is 0 Å². The third-order valence-corrected chi connectivity index (χ3v) is 10.7. The van der Waals surface area contributed by atoms with Gasteiger partial charge in [-0.3, -0.25) is 9.59 Å². The van der Waals surface area contributed by atoms with Crippen molar-refractivity contribution >= 4 is 131 Å². The normalized spacial score (nSPS) is 12.1. The molecule has 0 atom stereocenters. The van der Waals surface area contributed by atoms with Crippen LogP contribution < -0.4 is 68.6 Å². The van der Waals surface area contributed by atoms with Gasteiger partial charge in [-0.25, -0.2) is 16.8 Å². The zero-order chi connectivity index (χ0) is 40.7. The van der Waals surface area contributed by atoms with E-state index in [1.807, 2.05) is 0 Å². The van der Waals surface area contributed by atoms with Crippen molar-refractivity contribution in [2.45, 2.75) is 13.8 Å². The van der Waals surface area contributed by atoms with Gasteiger partial charge >= 0.3 is 71.1 Å². The minimum absolute atomic E-state index is 0. The second-order valence-electron chi connectivity index (χ2n) is 11.5. The number of hydrogen-bond donors (Lipinski definition) is 0. The molecule has 2 aromatic heterocycles. The molecule has 4 aromatic carbocycles. The molecule has 0 saturated heterocycles. The quantitative estimate of drug-likeness (QED) is 0.0344. The van der Waals surface area contributed by atoms with Crippen molar-refractivity contribution in [3.8, 4) is 33.8 Å². The van der Waals surface area contributed by atoms with Crippen LogP contribution in [0.1, 0.15) is 25.0 Å². The van der Waals surface area contributed by atoms with Gasteiger partial charge in [0.15, 0.2) is 11.5 Å². The van der Waals surface area contributed by atoms with Gasteiger partial charge in [0.05, 0.1) is 30.4 Å². The maximum atomic E-state index is 12.0. The minimum atomic E-state index is -5.61. The van der Waals surface area contributed by atoms with Gasteiger partial charge in [0.1, 0.15) is 22.7 Å². The summed E-state index contributed by atoms with van der Waals surface area (Å²) in [6.45, 7) is 2.52. The van der Waals surface area contributed by atoms with Crippen molar-refractivity contribution < 1.29 is 121 Å². The van der Waals surface area contributed by atoms with Crippen LogP contribution in [-0.4, -0.2) is 37.9 Å². The Kier molecular flexibility index (Phi) is 16.4. The third-order valence-electron chi connectivity index (χ3n) is 7.52. The van der Waals surface area contributed by atoms with E-state index in [-0.39, 0.29) is 81.7 Å². The zero-order valence-electron chi connectivity index (χ0n) is 30.1. The van der Waals surface area contributed by atoms with Gasteiger partial charge < -0.3 is 35.8 Å². The molecule has 6 aromatic rings. The zero-order valence-corrected chi connectivity index (χ0v) is 42.1. The molecule has 0 bridgehead atoms. The van der Waals surface area contributed by atoms with Crippen LogP contribution >= 0.6 is 63.7 Å². The Hall–Kier alpha value is -2.28. The predicted octanol–water partition coefficient (Wildman–Crippen LogP) is 3.76. The van der Waals surface area contributed by atoms with Crippen LogP contribution in [-0.2, 0) is 38.8 Å². The first-order chi connectivity index (χ1) is 26.2. The van der Waals surface area contributed by atoms with Crippen molar-refractivity contribution in [2.24, 2.45) is 0 Å². The van der Waals surface area contributed by atoms with Crippen LogP contribution in [0.3, 0.4) is 0 Å². The molecule has 0 fully saturated rings. The molecule has 0 amide bonds. The van der Waals surface area contributed by atoms with Gasteiger partial charge in [-0.05, 0) is 147 Å². The van der Waals surface area contributed by atoms with E-state index in [1.54, 1.807) is 36.4 Å². The second-order valence-corrected chi connectivity index (χ2v) is 16.9. The molecule has 0 radical (unpaired) electrons. The summed E-state index contributed by atoms with van der Waals surface area (Å²) in [5.41, 5.74) is 3.24. The van der Waals surface area contributed by atoms with E-state index in [9.17, 15) is 35.5 Å². The molecule has 290 valence electrons. The van der Waals surface area contributed by atoms with Gasteiger partial charge in [-0.1, -0.05) is 12.1 Å². The van der Waals surface area contributed by atoms with Crippen LogP contribution in [0.4, 0.5) is 0 Å². The Morgan fingerprint density at radius 2 is 0.948 bits per heavy atom. The molecule has 0 unspecified atom stereocenters. The molecule has 0 aliphatic rings. The van der Waals surface area contributed by atoms with Crippen LogP contribution in [0.25, 0.3) is 56.3 Å². The molecule has 0 N–H and O–H groups in total. The van der Waals surface area contributed by atoms with E-state index in [1.165, 1.54) is 50.6 Å². The Bertz CT molecular complexity index is 2690. The SMILES string of the molecule is CC(=O)Oc1ccc(-c2coc3c(Br)cc(/C=C(OS(=O)(=O)[O-])/C(=C/c4cc(Br)c5occ(-c6ccc(OC(C)=O)c(Br)c6)c5c4)OS(=O)(=O)[O-])cc23)cc1Br.[Na+].[Na+]. The van der Waals surface area contributed by atoms with Crippen molar-refractivity contribution in [3.63, 3.8) is 0 Å². The Labute approximate surface area is 408 Å². The fourth-order valence-corrected chi connectivity index (χ4v) is 8.21. The number of furan rings is 2. The summed E-state index contributed by atoms with van der Waals surface area (Å²) in [6, 6.07) is 15.7. The Morgan fingerprint density at radius 1 is 0.586 bits per heavy atom. The van der Waals surface area contributed by atoms with Crippen molar-refractivity contribution in [2.75, 3.05) is 0 Å².